The molecule has 1 N–H and O–H groups in total. The lowest BCUT2D eigenvalue weighted by Crippen LogP contribution is -2.69. The molecule has 2 heterocycles. The molecule has 5 aliphatic rings. The van der Waals surface area contributed by atoms with Gasteiger partial charge in [-0.3, -0.25) is 9.59 Å². The molecule has 7 nitrogen and oxygen atoms in total. The number of nitriles is 1. The molecule has 9 atom stereocenters. The number of nitrogens with zero attached hydrogens (tertiary/aromatic N) is 2. The fourth-order valence-electron chi connectivity index (χ4n) is 8.28. The molecule has 3 fully saturated rings. The van der Waals surface area contributed by atoms with Crippen LogP contribution in [0.15, 0.2) is 46.7 Å². The molecule has 1 aromatic rings. The van der Waals surface area contributed by atoms with Gasteiger partial charge in [-0.25, -0.2) is 9.37 Å². The van der Waals surface area contributed by atoms with E-state index in [0.29, 0.717) is 28.6 Å². The van der Waals surface area contributed by atoms with Gasteiger partial charge in [0.2, 0.25) is 0 Å². The van der Waals surface area contributed by atoms with E-state index >= 15 is 4.39 Å². The monoisotopic (exact) mass is 570 g/mol. The van der Waals surface area contributed by atoms with E-state index in [-0.39, 0.29) is 31.0 Å². The van der Waals surface area contributed by atoms with Crippen molar-refractivity contribution >= 4 is 27.5 Å². The Morgan fingerprint density at radius 2 is 2.16 bits per heavy atom. The zero-order valence-corrected chi connectivity index (χ0v) is 22.2. The predicted molar refractivity (Wildman–Crippen MR) is 132 cm³/mol. The third-order valence-corrected chi connectivity index (χ3v) is 10.7. The minimum Gasteiger partial charge on any atom is -0.390 e. The lowest BCUT2D eigenvalue weighted by molar-refractivity contribution is -0.226. The predicted octanol–water partition coefficient (Wildman–Crippen LogP) is 4.46. The van der Waals surface area contributed by atoms with Gasteiger partial charge in [-0.2, -0.15) is 5.26 Å². The molecule has 6 rings (SSSR count). The van der Waals surface area contributed by atoms with Crippen molar-refractivity contribution in [1.82, 2.24) is 4.98 Å². The highest BCUT2D eigenvalue weighted by Crippen LogP contribution is 2.72. The van der Waals surface area contributed by atoms with Crippen LogP contribution in [-0.2, 0) is 19.1 Å². The molecule has 2 saturated carbocycles. The van der Waals surface area contributed by atoms with E-state index in [1.54, 1.807) is 31.3 Å². The lowest BCUT2D eigenvalue weighted by Gasteiger charge is -2.62. The Kier molecular flexibility index (Phi) is 5.50. The minimum atomic E-state index is -2.03. The Bertz CT molecular complexity index is 1310. The third-order valence-electron chi connectivity index (χ3n) is 10.0. The summed E-state index contributed by atoms with van der Waals surface area (Å²) in [4.78, 5) is 30.1. The maximum absolute atomic E-state index is 17.4. The van der Waals surface area contributed by atoms with Gasteiger partial charge in [0.15, 0.2) is 29.1 Å². The number of aliphatic hydroxyl groups excluding tert-OH is 1. The second kappa shape index (κ2) is 8.12. The van der Waals surface area contributed by atoms with Crippen LogP contribution in [0.25, 0.3) is 0 Å². The van der Waals surface area contributed by atoms with Gasteiger partial charge in [-0.05, 0) is 66.2 Å². The third kappa shape index (κ3) is 2.99. The largest absolute Gasteiger partial charge is 0.390 e. The summed E-state index contributed by atoms with van der Waals surface area (Å²) >= 11 is 3.42. The zero-order chi connectivity index (χ0) is 26.4. The number of alkyl halides is 1. The van der Waals surface area contributed by atoms with E-state index in [4.69, 9.17) is 9.47 Å². The first kappa shape index (κ1) is 25.1. The number of carbonyl (C=O) groups excluding carboxylic acids is 2. The SMILES string of the molecule is C[C@]12C=CC(=O)CC1=CC[C@H]1[C@@H]3C[C@H]4OC(c5cccnc5Br)O[C@@]4(C(=O)CC#N)[C@@]3(C)C[C@H](O)[C@@]12F. The van der Waals surface area contributed by atoms with Crippen LogP contribution in [0.1, 0.15) is 57.8 Å². The maximum atomic E-state index is 17.4. The first-order valence-corrected chi connectivity index (χ1v) is 13.4. The Labute approximate surface area is 222 Å². The highest BCUT2D eigenvalue weighted by molar-refractivity contribution is 9.10. The van der Waals surface area contributed by atoms with E-state index in [9.17, 15) is 20.0 Å². The number of Topliss-reactive ketones (excluding diaryl/α,β-unsaturated/α-hetero) is 1. The van der Waals surface area contributed by atoms with Gasteiger partial charge < -0.3 is 14.6 Å². The number of carbonyl (C=O) groups is 2. The average Bonchev–Trinajstić information content (AvgIpc) is 3.34. The molecule has 0 aromatic carbocycles. The Morgan fingerprint density at radius 3 is 2.89 bits per heavy atom. The molecule has 1 unspecified atom stereocenters. The molecule has 0 amide bonds. The van der Waals surface area contributed by atoms with Crippen molar-refractivity contribution in [1.29, 1.82) is 5.26 Å². The van der Waals surface area contributed by atoms with Gasteiger partial charge in [0.05, 0.1) is 24.7 Å². The number of aliphatic hydroxyl groups is 1. The maximum Gasteiger partial charge on any atom is 0.188 e. The van der Waals surface area contributed by atoms with Crippen LogP contribution >= 0.6 is 15.9 Å². The topological polar surface area (TPSA) is 110 Å². The summed E-state index contributed by atoms with van der Waals surface area (Å²) < 4.78 is 30.9. The first-order valence-electron chi connectivity index (χ1n) is 12.7. The van der Waals surface area contributed by atoms with Crippen LogP contribution in [0.3, 0.4) is 0 Å². The Morgan fingerprint density at radius 1 is 1.38 bits per heavy atom. The number of ketones is 2. The summed E-state index contributed by atoms with van der Waals surface area (Å²) in [5, 5.41) is 21.1. The van der Waals surface area contributed by atoms with Crippen molar-refractivity contribution in [2.75, 3.05) is 0 Å². The second-order valence-electron chi connectivity index (χ2n) is 11.4. The van der Waals surface area contributed by atoms with Crippen molar-refractivity contribution in [2.45, 2.75) is 75.7 Å². The van der Waals surface area contributed by atoms with Crippen molar-refractivity contribution in [3.05, 3.63) is 52.3 Å². The molecule has 1 saturated heterocycles. The molecule has 1 aliphatic heterocycles. The number of halogens is 2. The van der Waals surface area contributed by atoms with Gasteiger partial charge in [0.25, 0.3) is 0 Å². The fourth-order valence-corrected chi connectivity index (χ4v) is 8.72. The van der Waals surface area contributed by atoms with Crippen molar-refractivity contribution < 1.29 is 28.6 Å². The van der Waals surface area contributed by atoms with Crippen LogP contribution < -0.4 is 0 Å². The highest BCUT2D eigenvalue weighted by Gasteiger charge is 2.79. The van der Waals surface area contributed by atoms with Crippen LogP contribution in [-0.4, -0.2) is 45.1 Å². The number of aromatic nitrogens is 1. The second-order valence-corrected chi connectivity index (χ2v) is 12.2. The first-order chi connectivity index (χ1) is 17.5. The number of ether oxygens (including phenoxy) is 2. The molecular weight excluding hydrogens is 543 g/mol. The van der Waals surface area contributed by atoms with E-state index in [1.165, 1.54) is 6.08 Å². The van der Waals surface area contributed by atoms with E-state index in [1.807, 2.05) is 19.1 Å². The number of rotatable bonds is 3. The number of allylic oxidation sites excluding steroid dienone is 4. The molecule has 194 valence electrons. The molecule has 0 radical (unpaired) electrons. The normalized spacial score (nSPS) is 45.8. The number of fused-ring (bicyclic) bond motifs is 7. The minimum absolute atomic E-state index is 0.0344. The lowest BCUT2D eigenvalue weighted by atomic mass is 9.45. The molecule has 0 bridgehead atoms. The molecule has 1 aromatic heterocycles. The van der Waals surface area contributed by atoms with Gasteiger partial charge in [0, 0.05) is 34.9 Å². The molecule has 9 heteroatoms. The van der Waals surface area contributed by atoms with E-state index < -0.39 is 52.3 Å². The summed E-state index contributed by atoms with van der Waals surface area (Å²) in [6, 6.07) is 5.49. The molecular formula is C28H28BrFN2O5. The van der Waals surface area contributed by atoms with Crippen LogP contribution in [0.5, 0.6) is 0 Å². The average molecular weight is 571 g/mol. The summed E-state index contributed by atoms with van der Waals surface area (Å²) in [6.45, 7) is 3.64. The number of hydrogen-bond donors (Lipinski definition) is 1. The van der Waals surface area contributed by atoms with Gasteiger partial charge in [-0.15, -0.1) is 0 Å². The molecule has 0 spiro atoms. The summed E-state index contributed by atoms with van der Waals surface area (Å²) in [6.07, 6.45) is 3.99. The number of hydrogen-bond acceptors (Lipinski definition) is 7. The fraction of sp³-hybridized carbons (Fsp3) is 0.571. The van der Waals surface area contributed by atoms with Crippen LogP contribution in [0, 0.1) is 34.0 Å². The van der Waals surface area contributed by atoms with Crippen LogP contribution in [0.2, 0.25) is 0 Å². The highest BCUT2D eigenvalue weighted by atomic mass is 79.9. The van der Waals surface area contributed by atoms with Crippen molar-refractivity contribution in [3.8, 4) is 6.07 Å². The van der Waals surface area contributed by atoms with Gasteiger partial charge in [-0.1, -0.05) is 24.6 Å². The zero-order valence-electron chi connectivity index (χ0n) is 20.6. The smallest absolute Gasteiger partial charge is 0.188 e. The molecule has 4 aliphatic carbocycles. The Balaban J connectivity index is 1.45. The summed E-state index contributed by atoms with van der Waals surface area (Å²) in [5.41, 5.74) is -4.33. The molecule has 37 heavy (non-hydrogen) atoms. The Hall–Kier alpha value is -2.25. The van der Waals surface area contributed by atoms with Gasteiger partial charge >= 0.3 is 0 Å². The van der Waals surface area contributed by atoms with Gasteiger partial charge in [0.1, 0.15) is 4.60 Å². The summed E-state index contributed by atoms with van der Waals surface area (Å²) in [5.74, 6) is -1.47. The van der Waals surface area contributed by atoms with Crippen molar-refractivity contribution in [3.63, 3.8) is 0 Å². The summed E-state index contributed by atoms with van der Waals surface area (Å²) in [7, 11) is 0. The van der Waals surface area contributed by atoms with E-state index in [2.05, 4.69) is 20.9 Å². The van der Waals surface area contributed by atoms with Crippen LogP contribution in [0.4, 0.5) is 4.39 Å². The van der Waals surface area contributed by atoms with E-state index in [0.717, 1.165) is 0 Å². The number of pyridine rings is 1. The standard InChI is InChI=1S/C28H28BrFN2O5/c1-25-9-7-16(33)12-15(25)5-6-18-19-13-22-28(20(34)8-10-31,26(19,2)14-21(35)27(18,25)30)37-24(36-22)17-4-3-11-32-23(17)29/h3-5,7,9,11,18-19,21-22,24,35H,6,8,12-14H2,1-2H3/t18-,19-,21-,22+,24?,25-,26-,27-,28+/m0/s1. The van der Waals surface area contributed by atoms with Crippen molar-refractivity contribution in [2.24, 2.45) is 22.7 Å². The quantitative estimate of drug-likeness (QED) is 0.422.